The lowest BCUT2D eigenvalue weighted by atomic mass is 9.90. The number of aryl methyl sites for hydroxylation is 1. The molecule has 4 heteroatoms. The summed E-state index contributed by atoms with van der Waals surface area (Å²) in [5.41, 5.74) is 4.75. The van der Waals surface area contributed by atoms with E-state index in [4.69, 9.17) is 4.74 Å². The number of esters is 1. The standard InChI is InChI=1S/C28H29NO3/c1-21-11-13-24(14-12-21)25-9-5-6-10-26(25)28(31)32-20-27(30)29-17-15-23(16-18-29)19-22-7-3-2-4-8-22/h2-14,23H,15-20H2,1H3. The van der Waals surface area contributed by atoms with Crippen molar-refractivity contribution in [2.24, 2.45) is 5.92 Å². The molecule has 1 saturated heterocycles. The minimum absolute atomic E-state index is 0.121. The second-order valence-corrected chi connectivity index (χ2v) is 8.50. The quantitative estimate of drug-likeness (QED) is 0.502. The average Bonchev–Trinajstić information content (AvgIpc) is 2.84. The number of piperidine rings is 1. The van der Waals surface area contributed by atoms with E-state index in [9.17, 15) is 9.59 Å². The van der Waals surface area contributed by atoms with Crippen LogP contribution in [0.5, 0.6) is 0 Å². The Morgan fingerprint density at radius 2 is 1.53 bits per heavy atom. The number of hydrogen-bond acceptors (Lipinski definition) is 3. The van der Waals surface area contributed by atoms with Gasteiger partial charge < -0.3 is 9.64 Å². The minimum Gasteiger partial charge on any atom is -0.452 e. The van der Waals surface area contributed by atoms with Crippen molar-refractivity contribution in [2.45, 2.75) is 26.2 Å². The van der Waals surface area contributed by atoms with Crippen LogP contribution in [0.2, 0.25) is 0 Å². The summed E-state index contributed by atoms with van der Waals surface area (Å²) in [5, 5.41) is 0. The number of carbonyl (C=O) groups excluding carboxylic acids is 2. The van der Waals surface area contributed by atoms with Gasteiger partial charge in [0.15, 0.2) is 6.61 Å². The van der Waals surface area contributed by atoms with Gasteiger partial charge in [0.25, 0.3) is 5.91 Å². The van der Waals surface area contributed by atoms with Crippen LogP contribution in [-0.4, -0.2) is 36.5 Å². The maximum atomic E-state index is 12.8. The molecule has 32 heavy (non-hydrogen) atoms. The van der Waals surface area contributed by atoms with Gasteiger partial charge in [-0.25, -0.2) is 4.79 Å². The van der Waals surface area contributed by atoms with Gasteiger partial charge >= 0.3 is 5.97 Å². The smallest absolute Gasteiger partial charge is 0.339 e. The van der Waals surface area contributed by atoms with Gasteiger partial charge in [-0.1, -0.05) is 78.4 Å². The molecule has 164 valence electrons. The Hall–Kier alpha value is -3.40. The van der Waals surface area contributed by atoms with Gasteiger partial charge in [0, 0.05) is 13.1 Å². The van der Waals surface area contributed by atoms with Crippen LogP contribution in [0.1, 0.15) is 34.3 Å². The predicted molar refractivity (Wildman–Crippen MR) is 126 cm³/mol. The van der Waals surface area contributed by atoms with Gasteiger partial charge in [-0.2, -0.15) is 0 Å². The molecule has 4 nitrogen and oxygen atoms in total. The number of benzene rings is 3. The molecule has 1 amide bonds. The van der Waals surface area contributed by atoms with Crippen LogP contribution in [0.25, 0.3) is 11.1 Å². The molecule has 1 fully saturated rings. The molecule has 1 aliphatic heterocycles. The van der Waals surface area contributed by atoms with Gasteiger partial charge in [0.05, 0.1) is 5.56 Å². The highest BCUT2D eigenvalue weighted by Crippen LogP contribution is 2.25. The molecule has 0 saturated carbocycles. The maximum absolute atomic E-state index is 12.8. The number of carbonyl (C=O) groups is 2. The maximum Gasteiger partial charge on any atom is 0.339 e. The van der Waals surface area contributed by atoms with E-state index in [-0.39, 0.29) is 12.5 Å². The number of likely N-dealkylation sites (tertiary alicyclic amines) is 1. The summed E-state index contributed by atoms with van der Waals surface area (Å²) in [7, 11) is 0. The fraction of sp³-hybridized carbons (Fsp3) is 0.286. The first kappa shape index (κ1) is 21.8. The SMILES string of the molecule is Cc1ccc(-c2ccccc2C(=O)OCC(=O)N2CCC(Cc3ccccc3)CC2)cc1. The molecule has 0 spiro atoms. The highest BCUT2D eigenvalue weighted by Gasteiger charge is 2.24. The lowest BCUT2D eigenvalue weighted by Crippen LogP contribution is -2.41. The van der Waals surface area contributed by atoms with Gasteiger partial charge in [-0.15, -0.1) is 0 Å². The zero-order valence-electron chi connectivity index (χ0n) is 18.5. The summed E-state index contributed by atoms with van der Waals surface area (Å²) >= 11 is 0. The Labute approximate surface area is 189 Å². The van der Waals surface area contributed by atoms with Crippen molar-refractivity contribution in [2.75, 3.05) is 19.7 Å². The monoisotopic (exact) mass is 427 g/mol. The van der Waals surface area contributed by atoms with Crippen LogP contribution >= 0.6 is 0 Å². The number of nitrogens with zero attached hydrogens (tertiary/aromatic N) is 1. The van der Waals surface area contributed by atoms with Crippen molar-refractivity contribution in [3.63, 3.8) is 0 Å². The number of amides is 1. The summed E-state index contributed by atoms with van der Waals surface area (Å²) in [6, 6.07) is 25.9. The molecule has 3 aromatic carbocycles. The van der Waals surface area contributed by atoms with E-state index >= 15 is 0 Å². The fourth-order valence-electron chi connectivity index (χ4n) is 4.28. The largest absolute Gasteiger partial charge is 0.452 e. The van der Waals surface area contributed by atoms with Gasteiger partial charge in [0.1, 0.15) is 0 Å². The Morgan fingerprint density at radius 3 is 2.25 bits per heavy atom. The van der Waals surface area contributed by atoms with Crippen LogP contribution in [0.4, 0.5) is 0 Å². The summed E-state index contributed by atoms with van der Waals surface area (Å²) in [6.07, 6.45) is 3.00. The lowest BCUT2D eigenvalue weighted by molar-refractivity contribution is -0.135. The van der Waals surface area contributed by atoms with E-state index in [0.717, 1.165) is 36.0 Å². The lowest BCUT2D eigenvalue weighted by Gasteiger charge is -2.32. The molecule has 0 atom stereocenters. The predicted octanol–water partition coefficient (Wildman–Crippen LogP) is 5.30. The first-order valence-corrected chi connectivity index (χ1v) is 11.2. The number of ether oxygens (including phenoxy) is 1. The van der Waals surface area contributed by atoms with E-state index in [1.165, 1.54) is 5.56 Å². The highest BCUT2D eigenvalue weighted by molar-refractivity contribution is 5.98. The molecule has 0 aromatic heterocycles. The average molecular weight is 428 g/mol. The number of rotatable bonds is 6. The normalized spacial score (nSPS) is 14.2. The Morgan fingerprint density at radius 1 is 0.875 bits per heavy atom. The van der Waals surface area contributed by atoms with Gasteiger partial charge in [-0.3, -0.25) is 4.79 Å². The van der Waals surface area contributed by atoms with Crippen molar-refractivity contribution in [1.82, 2.24) is 4.90 Å². The second-order valence-electron chi connectivity index (χ2n) is 8.50. The third-order valence-corrected chi connectivity index (χ3v) is 6.17. The third-order valence-electron chi connectivity index (χ3n) is 6.17. The Kier molecular flexibility index (Phi) is 7.00. The van der Waals surface area contributed by atoms with Crippen LogP contribution in [0.3, 0.4) is 0 Å². The summed E-state index contributed by atoms with van der Waals surface area (Å²) < 4.78 is 5.42. The van der Waals surface area contributed by atoms with Crippen LogP contribution in [0.15, 0.2) is 78.9 Å². The van der Waals surface area contributed by atoms with Crippen molar-refractivity contribution < 1.29 is 14.3 Å². The molecule has 1 heterocycles. The zero-order valence-corrected chi connectivity index (χ0v) is 18.5. The van der Waals surface area contributed by atoms with Crippen LogP contribution in [0, 0.1) is 12.8 Å². The van der Waals surface area contributed by atoms with E-state index in [1.807, 2.05) is 60.4 Å². The third kappa shape index (κ3) is 5.44. The molecular weight excluding hydrogens is 398 g/mol. The van der Waals surface area contributed by atoms with Gasteiger partial charge in [-0.05, 0) is 54.9 Å². The first-order valence-electron chi connectivity index (χ1n) is 11.2. The topological polar surface area (TPSA) is 46.6 Å². The van der Waals surface area contributed by atoms with E-state index in [1.54, 1.807) is 6.07 Å². The molecule has 0 aliphatic carbocycles. The zero-order chi connectivity index (χ0) is 22.3. The molecule has 0 radical (unpaired) electrons. The molecule has 1 aliphatic rings. The summed E-state index contributed by atoms with van der Waals surface area (Å²) in [5.74, 6) is 0.00297. The fourth-order valence-corrected chi connectivity index (χ4v) is 4.28. The molecule has 0 bridgehead atoms. The summed E-state index contributed by atoms with van der Waals surface area (Å²) in [6.45, 7) is 3.24. The van der Waals surface area contributed by atoms with Gasteiger partial charge in [0.2, 0.25) is 0 Å². The Bertz CT molecular complexity index is 1050. The summed E-state index contributed by atoms with van der Waals surface area (Å²) in [4.78, 5) is 27.2. The number of hydrogen-bond donors (Lipinski definition) is 0. The Balaban J connectivity index is 1.30. The molecule has 4 rings (SSSR count). The van der Waals surface area contributed by atoms with Crippen molar-refractivity contribution >= 4 is 11.9 Å². The van der Waals surface area contributed by atoms with Crippen LogP contribution < -0.4 is 0 Å². The van der Waals surface area contributed by atoms with Crippen molar-refractivity contribution in [1.29, 1.82) is 0 Å². The van der Waals surface area contributed by atoms with Crippen LogP contribution in [-0.2, 0) is 16.0 Å². The molecule has 0 N–H and O–H groups in total. The first-order chi connectivity index (χ1) is 15.6. The van der Waals surface area contributed by atoms with E-state index < -0.39 is 5.97 Å². The second kappa shape index (κ2) is 10.3. The minimum atomic E-state index is -0.464. The molecular formula is C28H29NO3. The van der Waals surface area contributed by atoms with Crippen molar-refractivity contribution in [3.8, 4) is 11.1 Å². The molecule has 3 aromatic rings. The van der Waals surface area contributed by atoms with E-state index in [2.05, 4.69) is 24.3 Å². The van der Waals surface area contributed by atoms with Crippen molar-refractivity contribution in [3.05, 3.63) is 95.6 Å². The highest BCUT2D eigenvalue weighted by atomic mass is 16.5. The molecule has 0 unspecified atom stereocenters. The van der Waals surface area contributed by atoms with E-state index in [0.29, 0.717) is 24.6 Å².